The lowest BCUT2D eigenvalue weighted by atomic mass is 10.2. The third-order valence-electron chi connectivity index (χ3n) is 5.11. The van der Waals surface area contributed by atoms with Crippen molar-refractivity contribution in [3.8, 4) is 0 Å². The molecule has 0 aromatic rings. The largest absolute Gasteiger partial charge is 0.452 e. The molecule has 3 aliphatic heterocycles. The Morgan fingerprint density at radius 2 is 2.00 bits per heavy atom. The monoisotopic (exact) mass is 459 g/mol. The van der Waals surface area contributed by atoms with Crippen molar-refractivity contribution in [2.75, 3.05) is 37.0 Å². The Kier molecular flexibility index (Phi) is 6.65. The van der Waals surface area contributed by atoms with Crippen molar-refractivity contribution in [3.05, 3.63) is 23.9 Å². The fourth-order valence-corrected chi connectivity index (χ4v) is 6.18. The van der Waals surface area contributed by atoms with Crippen LogP contribution in [0.25, 0.3) is 0 Å². The van der Waals surface area contributed by atoms with Gasteiger partial charge in [-0.05, 0) is 25.0 Å². The first-order valence-corrected chi connectivity index (χ1v) is 13.2. The zero-order valence-electron chi connectivity index (χ0n) is 16.7. The van der Waals surface area contributed by atoms with Crippen molar-refractivity contribution in [2.45, 2.75) is 32.2 Å². The number of hydrogen-bond donors (Lipinski definition) is 0. The molecule has 0 aliphatic carbocycles. The highest BCUT2D eigenvalue weighted by atomic mass is 32.2. The highest BCUT2D eigenvalue weighted by molar-refractivity contribution is 7.91. The number of unbranched alkanes of at least 4 members (excludes halogenated alkanes) is 1. The van der Waals surface area contributed by atoms with Gasteiger partial charge in [0.05, 0.1) is 22.8 Å². The summed E-state index contributed by atoms with van der Waals surface area (Å²) in [6, 6.07) is -0.393. The molecule has 0 spiro atoms. The Labute approximate surface area is 176 Å². The van der Waals surface area contributed by atoms with Crippen LogP contribution in [0, 0.1) is 0 Å². The molecular weight excluding hydrogens is 434 g/mol. The van der Waals surface area contributed by atoms with Crippen LogP contribution in [-0.4, -0.2) is 87.3 Å². The molecule has 0 aromatic carbocycles. The zero-order chi connectivity index (χ0) is 21.9. The summed E-state index contributed by atoms with van der Waals surface area (Å²) in [5.74, 6) is -1.09. The smallest absolute Gasteiger partial charge is 0.340 e. The summed E-state index contributed by atoms with van der Waals surface area (Å²) in [7, 11) is -6.64. The number of hydrogen-bond acceptors (Lipinski definition) is 8. The van der Waals surface area contributed by atoms with Crippen LogP contribution in [0.5, 0.6) is 0 Å². The van der Waals surface area contributed by atoms with E-state index >= 15 is 0 Å². The van der Waals surface area contributed by atoms with Gasteiger partial charge in [0, 0.05) is 25.3 Å². The van der Waals surface area contributed by atoms with Gasteiger partial charge in [0.1, 0.15) is 5.84 Å². The van der Waals surface area contributed by atoms with Crippen LogP contribution in [0.4, 0.5) is 0 Å². The Balaban J connectivity index is 1.61. The van der Waals surface area contributed by atoms with Crippen LogP contribution >= 0.6 is 0 Å². The molecule has 0 saturated carbocycles. The van der Waals surface area contributed by atoms with E-state index in [1.54, 1.807) is 0 Å². The lowest BCUT2D eigenvalue weighted by Crippen LogP contribution is -2.44. The second kappa shape index (κ2) is 8.88. The molecular formula is C18H25N3O7S2. The Bertz CT molecular complexity index is 1010. The van der Waals surface area contributed by atoms with Crippen LogP contribution in [0.15, 0.2) is 28.3 Å². The molecule has 1 saturated heterocycles. The number of carbonyl (C=O) groups is 2. The number of carbonyl (C=O) groups excluding carboxylic acids is 2. The molecule has 0 N–H and O–H groups in total. The fraction of sp³-hybridized carbons (Fsp3) is 0.611. The van der Waals surface area contributed by atoms with Crippen molar-refractivity contribution in [3.63, 3.8) is 0 Å². The van der Waals surface area contributed by atoms with E-state index in [0.717, 1.165) is 12.8 Å². The topological polar surface area (TPSA) is 130 Å². The van der Waals surface area contributed by atoms with Gasteiger partial charge in [-0.1, -0.05) is 13.3 Å². The summed E-state index contributed by atoms with van der Waals surface area (Å²) in [5.41, 5.74) is 0.171. The van der Waals surface area contributed by atoms with Gasteiger partial charge >= 0.3 is 5.97 Å². The third kappa shape index (κ3) is 5.48. The summed E-state index contributed by atoms with van der Waals surface area (Å²) in [6.45, 7) is 2.07. The minimum atomic E-state index is -3.49. The van der Waals surface area contributed by atoms with Crippen molar-refractivity contribution in [2.24, 2.45) is 4.40 Å². The van der Waals surface area contributed by atoms with E-state index in [1.807, 2.05) is 6.92 Å². The number of amides is 1. The van der Waals surface area contributed by atoms with Crippen molar-refractivity contribution < 1.29 is 31.2 Å². The molecule has 1 amide bonds. The summed E-state index contributed by atoms with van der Waals surface area (Å²) in [4.78, 5) is 28.1. The van der Waals surface area contributed by atoms with E-state index in [4.69, 9.17) is 4.74 Å². The first-order valence-electron chi connectivity index (χ1n) is 9.76. The summed E-state index contributed by atoms with van der Waals surface area (Å²) < 4.78 is 55.4. The van der Waals surface area contributed by atoms with Gasteiger partial charge in [0.25, 0.3) is 15.9 Å². The molecule has 3 aliphatic rings. The molecule has 3 heterocycles. The number of sulfonamides is 1. The van der Waals surface area contributed by atoms with Gasteiger partial charge in [-0.3, -0.25) is 4.79 Å². The standard InChI is InChI=1S/C18H25N3O7S2/c1-2-3-7-21(15-6-9-29(24,25)13-15)17(22)12-28-18(23)14-4-5-16-19-30(26,27)10-8-20(16)11-14/h4-5,11,15H,2-3,6-10,12-13H2,1H3. The minimum Gasteiger partial charge on any atom is -0.452 e. The van der Waals surface area contributed by atoms with Gasteiger partial charge in [0.2, 0.25) is 0 Å². The molecule has 166 valence electrons. The minimum absolute atomic E-state index is 0.0560. The van der Waals surface area contributed by atoms with E-state index in [1.165, 1.54) is 28.2 Å². The number of rotatable bonds is 7. The molecule has 10 nitrogen and oxygen atoms in total. The number of sulfone groups is 1. The first-order chi connectivity index (χ1) is 14.1. The Hall–Kier alpha value is -2.21. The number of amidine groups is 1. The quantitative estimate of drug-likeness (QED) is 0.480. The van der Waals surface area contributed by atoms with Crippen LogP contribution in [-0.2, 0) is 34.2 Å². The Morgan fingerprint density at radius 1 is 1.23 bits per heavy atom. The van der Waals surface area contributed by atoms with Crippen molar-refractivity contribution >= 4 is 37.6 Å². The maximum atomic E-state index is 12.7. The lowest BCUT2D eigenvalue weighted by molar-refractivity contribution is -0.149. The average Bonchev–Trinajstić information content (AvgIpc) is 3.04. The van der Waals surface area contributed by atoms with E-state index in [2.05, 4.69) is 4.40 Å². The average molecular weight is 460 g/mol. The van der Waals surface area contributed by atoms with E-state index in [9.17, 15) is 26.4 Å². The van der Waals surface area contributed by atoms with E-state index in [-0.39, 0.29) is 35.2 Å². The van der Waals surface area contributed by atoms with Gasteiger partial charge in [-0.25, -0.2) is 21.6 Å². The molecule has 0 bridgehead atoms. The van der Waals surface area contributed by atoms with Gasteiger partial charge in [0.15, 0.2) is 16.4 Å². The van der Waals surface area contributed by atoms with Gasteiger partial charge < -0.3 is 14.5 Å². The molecule has 0 aromatic heterocycles. The third-order valence-corrected chi connectivity index (χ3v) is 8.02. The number of nitrogens with zero attached hydrogens (tertiary/aromatic N) is 3. The Morgan fingerprint density at radius 3 is 2.67 bits per heavy atom. The van der Waals surface area contributed by atoms with Gasteiger partial charge in [-0.15, -0.1) is 4.40 Å². The molecule has 3 rings (SSSR count). The molecule has 1 atom stereocenters. The molecule has 0 radical (unpaired) electrons. The normalized spacial score (nSPS) is 23.9. The summed E-state index contributed by atoms with van der Waals surface area (Å²) in [6.07, 6.45) is 6.20. The predicted octanol–water partition coefficient (Wildman–Crippen LogP) is -0.157. The second-order valence-electron chi connectivity index (χ2n) is 7.42. The SMILES string of the molecule is CCCCN(C(=O)COC(=O)C1=CN2CCS(=O)(=O)N=C2C=C1)C1CCS(=O)(=O)C1. The molecule has 1 unspecified atom stereocenters. The molecule has 30 heavy (non-hydrogen) atoms. The molecule has 12 heteroatoms. The maximum absolute atomic E-state index is 12.7. The van der Waals surface area contributed by atoms with Crippen LogP contribution < -0.4 is 0 Å². The zero-order valence-corrected chi connectivity index (χ0v) is 18.3. The van der Waals surface area contributed by atoms with E-state index < -0.39 is 44.4 Å². The summed E-state index contributed by atoms with van der Waals surface area (Å²) in [5, 5.41) is 0. The van der Waals surface area contributed by atoms with Gasteiger partial charge in [-0.2, -0.15) is 0 Å². The predicted molar refractivity (Wildman–Crippen MR) is 110 cm³/mol. The highest BCUT2D eigenvalue weighted by Crippen LogP contribution is 2.20. The van der Waals surface area contributed by atoms with E-state index in [0.29, 0.717) is 13.0 Å². The second-order valence-corrected chi connectivity index (χ2v) is 11.4. The van der Waals surface area contributed by atoms with Crippen LogP contribution in [0.1, 0.15) is 26.2 Å². The number of fused-ring (bicyclic) bond motifs is 1. The lowest BCUT2D eigenvalue weighted by Gasteiger charge is -2.28. The van der Waals surface area contributed by atoms with Crippen LogP contribution in [0.2, 0.25) is 0 Å². The first kappa shape index (κ1) is 22.5. The van der Waals surface area contributed by atoms with Crippen molar-refractivity contribution in [1.82, 2.24) is 9.80 Å². The molecule has 1 fully saturated rings. The van der Waals surface area contributed by atoms with Crippen LogP contribution in [0.3, 0.4) is 0 Å². The number of esters is 1. The summed E-state index contributed by atoms with van der Waals surface area (Å²) >= 11 is 0. The van der Waals surface area contributed by atoms with Crippen molar-refractivity contribution in [1.29, 1.82) is 0 Å². The number of ether oxygens (including phenoxy) is 1. The fourth-order valence-electron chi connectivity index (χ4n) is 3.48. The maximum Gasteiger partial charge on any atom is 0.340 e. The highest BCUT2D eigenvalue weighted by Gasteiger charge is 2.34.